The minimum atomic E-state index is -2.98. The summed E-state index contributed by atoms with van der Waals surface area (Å²) in [5.74, 6) is 0.0886. The van der Waals surface area contributed by atoms with Gasteiger partial charge in [-0.1, -0.05) is 38.8 Å². The lowest BCUT2D eigenvalue weighted by Gasteiger charge is -2.31. The molecular weight excluding hydrogens is 543 g/mol. The highest BCUT2D eigenvalue weighted by atomic mass is 32.2. The Morgan fingerprint density at radius 2 is 1.68 bits per heavy atom. The number of hydrogen-bond donors (Lipinski definition) is 1. The molecule has 216 valence electrons. The van der Waals surface area contributed by atoms with E-state index < -0.39 is 15.9 Å². The Kier molecular flexibility index (Phi) is 8.45. The van der Waals surface area contributed by atoms with E-state index >= 15 is 0 Å². The van der Waals surface area contributed by atoms with Crippen molar-refractivity contribution in [3.63, 3.8) is 0 Å². The predicted octanol–water partition coefficient (Wildman–Crippen LogP) is 5.32. The molecule has 1 saturated heterocycles. The average Bonchev–Trinajstić information content (AvgIpc) is 3.41. The summed E-state index contributed by atoms with van der Waals surface area (Å²) in [5, 5.41) is 12.5. The molecule has 0 spiro atoms. The first-order valence-electron chi connectivity index (χ1n) is 14.2. The van der Waals surface area contributed by atoms with E-state index in [2.05, 4.69) is 16.3 Å². The molecule has 1 N–H and O–H groups in total. The molecule has 0 bridgehead atoms. The van der Waals surface area contributed by atoms with Crippen LogP contribution in [0.25, 0.3) is 22.7 Å². The number of halogens is 1. The second-order valence-electron chi connectivity index (χ2n) is 11.3. The van der Waals surface area contributed by atoms with E-state index in [-0.39, 0.29) is 41.0 Å². The maximum Gasteiger partial charge on any atom is 0.226 e. The third-order valence-corrected chi connectivity index (χ3v) is 9.75. The fourth-order valence-corrected chi connectivity index (χ4v) is 6.87. The van der Waals surface area contributed by atoms with Gasteiger partial charge in [0.15, 0.2) is 9.84 Å². The van der Waals surface area contributed by atoms with Crippen molar-refractivity contribution in [3.8, 4) is 28.8 Å². The Hall–Kier alpha value is -3.71. The minimum Gasteiger partial charge on any atom is -0.440 e. The van der Waals surface area contributed by atoms with Crippen molar-refractivity contribution in [3.05, 3.63) is 60.1 Å². The number of oxazole rings is 1. The van der Waals surface area contributed by atoms with Crippen LogP contribution in [0.4, 0.5) is 10.1 Å². The predicted molar refractivity (Wildman–Crippen MR) is 155 cm³/mol. The lowest BCUT2D eigenvalue weighted by atomic mass is 9.76. The van der Waals surface area contributed by atoms with Crippen LogP contribution in [0.3, 0.4) is 0 Å². The monoisotopic (exact) mass is 578 g/mol. The summed E-state index contributed by atoms with van der Waals surface area (Å²) >= 11 is 0. The van der Waals surface area contributed by atoms with Crippen molar-refractivity contribution in [1.29, 1.82) is 5.26 Å². The smallest absolute Gasteiger partial charge is 0.226 e. The number of aromatic nitrogens is 1. The molecule has 1 aliphatic carbocycles. The van der Waals surface area contributed by atoms with Gasteiger partial charge in [0.25, 0.3) is 0 Å². The van der Waals surface area contributed by atoms with Crippen molar-refractivity contribution < 1.29 is 22.0 Å². The number of carbonyl (C=O) groups is 1. The lowest BCUT2D eigenvalue weighted by molar-refractivity contribution is -0.127. The third-order valence-electron chi connectivity index (χ3n) is 8.14. The summed E-state index contributed by atoms with van der Waals surface area (Å²) in [6.45, 7) is 4.71. The van der Waals surface area contributed by atoms with Gasteiger partial charge in [0, 0.05) is 41.7 Å². The number of nitriles is 1. The molecule has 2 fully saturated rings. The first-order chi connectivity index (χ1) is 19.6. The lowest BCUT2D eigenvalue weighted by Crippen LogP contribution is -2.43. The molecule has 1 aromatic heterocycles. The number of rotatable bonds is 7. The number of sulfone groups is 1. The topological polar surface area (TPSA) is 116 Å². The van der Waals surface area contributed by atoms with E-state index in [0.717, 1.165) is 30.5 Å². The van der Waals surface area contributed by atoms with Crippen LogP contribution in [-0.4, -0.2) is 49.9 Å². The normalized spacial score (nSPS) is 21.3. The van der Waals surface area contributed by atoms with E-state index in [1.807, 2.05) is 38.1 Å². The molecule has 41 heavy (non-hydrogen) atoms. The highest BCUT2D eigenvalue weighted by Gasteiger charge is 2.38. The van der Waals surface area contributed by atoms with E-state index in [1.165, 1.54) is 12.1 Å². The van der Waals surface area contributed by atoms with Crippen LogP contribution >= 0.6 is 0 Å². The Balaban J connectivity index is 1.50. The Labute approximate surface area is 240 Å². The Bertz CT molecular complexity index is 1510. The van der Waals surface area contributed by atoms with Gasteiger partial charge in [-0.25, -0.2) is 17.8 Å². The number of benzene rings is 2. The fraction of sp³-hybridized carbons (Fsp3) is 0.452. The second kappa shape index (κ2) is 12.0. The minimum absolute atomic E-state index is 0.0181. The molecule has 3 atom stereocenters. The quantitative estimate of drug-likeness (QED) is 0.403. The van der Waals surface area contributed by atoms with Gasteiger partial charge >= 0.3 is 0 Å². The number of carbonyl (C=O) groups excluding carboxylic acids is 1. The summed E-state index contributed by atoms with van der Waals surface area (Å²) < 4.78 is 43.8. The molecule has 0 radical (unpaired) electrons. The molecule has 5 rings (SSSR count). The standard InChI is InChI=1S/C31H35FN4O4S/c1-20(2)27(19-33)34-30(37)26-6-4-3-5-25(26)29-28(35-31(40-29)22-7-11-23(32)12-8-22)21-9-13-24(14-10-21)36-15-17-41(38,39)18-16-36/h7-14,20,25-27H,3-6,15-18H2,1-2H3,(H,34,37). The molecule has 2 aliphatic rings. The van der Waals surface area contributed by atoms with Gasteiger partial charge in [-0.15, -0.1) is 0 Å². The van der Waals surface area contributed by atoms with E-state index in [4.69, 9.17) is 9.40 Å². The number of nitrogens with zero attached hydrogens (tertiary/aromatic N) is 3. The van der Waals surface area contributed by atoms with Gasteiger partial charge in [0.05, 0.1) is 17.6 Å². The van der Waals surface area contributed by atoms with E-state index in [1.54, 1.807) is 12.1 Å². The largest absolute Gasteiger partial charge is 0.440 e. The van der Waals surface area contributed by atoms with Crippen LogP contribution in [0, 0.1) is 29.0 Å². The van der Waals surface area contributed by atoms with Gasteiger partial charge in [-0.3, -0.25) is 4.79 Å². The van der Waals surface area contributed by atoms with Crippen molar-refractivity contribution in [1.82, 2.24) is 10.3 Å². The molecule has 10 heteroatoms. The molecule has 8 nitrogen and oxygen atoms in total. The van der Waals surface area contributed by atoms with Crippen LogP contribution in [0.5, 0.6) is 0 Å². The van der Waals surface area contributed by atoms with Gasteiger partial charge < -0.3 is 14.6 Å². The van der Waals surface area contributed by atoms with Gasteiger partial charge in [0.2, 0.25) is 11.8 Å². The second-order valence-corrected chi connectivity index (χ2v) is 13.6. The molecule has 3 unspecified atom stereocenters. The van der Waals surface area contributed by atoms with Crippen molar-refractivity contribution in [2.45, 2.75) is 51.5 Å². The first kappa shape index (κ1) is 28.8. The maximum absolute atomic E-state index is 13.7. The van der Waals surface area contributed by atoms with Crippen LogP contribution in [0.1, 0.15) is 51.2 Å². The molecule has 3 aromatic rings. The Morgan fingerprint density at radius 1 is 1.05 bits per heavy atom. The molecule has 2 heterocycles. The highest BCUT2D eigenvalue weighted by Crippen LogP contribution is 2.44. The van der Waals surface area contributed by atoms with E-state index in [9.17, 15) is 22.9 Å². The van der Waals surface area contributed by atoms with Gasteiger partial charge in [-0.2, -0.15) is 5.26 Å². The first-order valence-corrected chi connectivity index (χ1v) is 16.0. The zero-order valence-corrected chi connectivity index (χ0v) is 24.2. The van der Waals surface area contributed by atoms with E-state index in [0.29, 0.717) is 42.4 Å². The number of anilines is 1. The SMILES string of the molecule is CC(C)C(C#N)NC(=O)C1CCCCC1c1oc(-c2ccc(F)cc2)nc1-c1ccc(N2CCS(=O)(=O)CC2)cc1. The zero-order chi connectivity index (χ0) is 29.1. The van der Waals surface area contributed by atoms with Gasteiger partial charge in [-0.05, 0) is 55.2 Å². The van der Waals surface area contributed by atoms with Crippen LogP contribution < -0.4 is 10.2 Å². The molecule has 2 aromatic carbocycles. The summed E-state index contributed by atoms with van der Waals surface area (Å²) in [6.07, 6.45) is 3.25. The number of nitrogens with one attached hydrogen (secondary N) is 1. The highest BCUT2D eigenvalue weighted by molar-refractivity contribution is 7.91. The molecule has 1 aliphatic heterocycles. The van der Waals surface area contributed by atoms with Crippen molar-refractivity contribution in [2.24, 2.45) is 11.8 Å². The van der Waals surface area contributed by atoms with Gasteiger partial charge in [0.1, 0.15) is 23.3 Å². The number of hydrogen-bond acceptors (Lipinski definition) is 7. The maximum atomic E-state index is 13.7. The van der Waals surface area contributed by atoms with Crippen LogP contribution in [-0.2, 0) is 14.6 Å². The van der Waals surface area contributed by atoms with Crippen molar-refractivity contribution in [2.75, 3.05) is 29.5 Å². The molecule has 1 saturated carbocycles. The summed E-state index contributed by atoms with van der Waals surface area (Å²) in [5.41, 5.74) is 3.00. The summed E-state index contributed by atoms with van der Waals surface area (Å²) in [7, 11) is -2.98. The molecule has 1 amide bonds. The van der Waals surface area contributed by atoms with Crippen molar-refractivity contribution >= 4 is 21.4 Å². The zero-order valence-electron chi connectivity index (χ0n) is 23.3. The van der Waals surface area contributed by atoms with Crippen LogP contribution in [0.15, 0.2) is 52.9 Å². The van der Waals surface area contributed by atoms with Crippen LogP contribution in [0.2, 0.25) is 0 Å². The number of amides is 1. The average molecular weight is 579 g/mol. The summed E-state index contributed by atoms with van der Waals surface area (Å²) in [4.78, 5) is 20.4. The fourth-order valence-electron chi connectivity index (χ4n) is 5.67. The Morgan fingerprint density at radius 3 is 2.32 bits per heavy atom. The molecular formula is C31H35FN4O4S. The summed E-state index contributed by atoms with van der Waals surface area (Å²) in [6, 6.07) is 15.4. The third kappa shape index (κ3) is 6.46.